The van der Waals surface area contributed by atoms with Gasteiger partial charge >= 0.3 is 6.09 Å². The van der Waals surface area contributed by atoms with E-state index >= 15 is 0 Å². The molecule has 150 valence electrons. The second-order valence-corrected chi connectivity index (χ2v) is 6.38. The Hall–Kier alpha value is -2.87. The Bertz CT molecular complexity index is 773. The number of halogens is 2. The number of nitrogens with zero attached hydrogens (tertiary/aromatic N) is 2. The minimum Gasteiger partial charge on any atom is -0.491 e. The summed E-state index contributed by atoms with van der Waals surface area (Å²) in [6, 6.07) is 11.9. The maximum absolute atomic E-state index is 14.4. The number of rotatable bonds is 7. The van der Waals surface area contributed by atoms with Gasteiger partial charge in [0.15, 0.2) is 11.6 Å². The summed E-state index contributed by atoms with van der Waals surface area (Å²) in [5.74, 6) is -1.38. The molecule has 0 spiro atoms. The van der Waals surface area contributed by atoms with Gasteiger partial charge in [0, 0.05) is 38.3 Å². The van der Waals surface area contributed by atoms with Gasteiger partial charge in [0.05, 0.1) is 13.2 Å². The van der Waals surface area contributed by atoms with Gasteiger partial charge in [-0.15, -0.1) is 0 Å². The van der Waals surface area contributed by atoms with Gasteiger partial charge in [-0.2, -0.15) is 0 Å². The zero-order chi connectivity index (χ0) is 19.9. The van der Waals surface area contributed by atoms with E-state index in [1.54, 1.807) is 0 Å². The van der Waals surface area contributed by atoms with E-state index < -0.39 is 17.7 Å². The van der Waals surface area contributed by atoms with Crippen molar-refractivity contribution >= 4 is 11.8 Å². The fourth-order valence-corrected chi connectivity index (χ4v) is 3.03. The molecule has 0 atom stereocenters. The predicted molar refractivity (Wildman–Crippen MR) is 99.8 cm³/mol. The van der Waals surface area contributed by atoms with Crippen molar-refractivity contribution in [1.82, 2.24) is 4.90 Å². The molecule has 2 aromatic rings. The number of benzene rings is 2. The summed E-state index contributed by atoms with van der Waals surface area (Å²) in [4.78, 5) is 13.7. The smallest absolute Gasteiger partial charge is 0.407 e. The summed E-state index contributed by atoms with van der Waals surface area (Å²) < 4.78 is 39.7. The molecule has 1 amide bonds. The first kappa shape index (κ1) is 19.9. The summed E-state index contributed by atoms with van der Waals surface area (Å²) in [7, 11) is 0. The third kappa shape index (κ3) is 5.10. The molecule has 0 bridgehead atoms. The quantitative estimate of drug-likeness (QED) is 0.732. The molecule has 1 N–H and O–H groups in total. The molecule has 3 rings (SSSR count). The van der Waals surface area contributed by atoms with Crippen molar-refractivity contribution < 1.29 is 28.2 Å². The summed E-state index contributed by atoms with van der Waals surface area (Å²) >= 11 is 0. The number of carbonyl (C=O) groups is 1. The molecule has 0 aromatic heterocycles. The van der Waals surface area contributed by atoms with Gasteiger partial charge < -0.3 is 24.4 Å². The standard InChI is InChI=1S/C20H22F2N2O4/c21-17-12-16(28-11-10-27-14-15-4-2-1-3-5-15)13-18(22)19(17)23-6-8-24(9-7-23)20(25)26/h1-5,12-13H,6-11,14H2,(H,25,26). The molecule has 1 saturated heterocycles. The molecule has 1 aliphatic rings. The van der Waals surface area contributed by atoms with Crippen LogP contribution < -0.4 is 9.64 Å². The van der Waals surface area contributed by atoms with Crippen LogP contribution in [0.15, 0.2) is 42.5 Å². The molecular formula is C20H22F2N2O4. The largest absolute Gasteiger partial charge is 0.491 e. The van der Waals surface area contributed by atoms with Crippen LogP contribution in [0.2, 0.25) is 0 Å². The second-order valence-electron chi connectivity index (χ2n) is 6.38. The normalized spacial score (nSPS) is 14.2. The van der Waals surface area contributed by atoms with Gasteiger partial charge in [-0.05, 0) is 5.56 Å². The van der Waals surface area contributed by atoms with Gasteiger partial charge in [0.2, 0.25) is 0 Å². The number of anilines is 1. The van der Waals surface area contributed by atoms with Crippen molar-refractivity contribution in [3.05, 3.63) is 59.7 Å². The van der Waals surface area contributed by atoms with E-state index in [-0.39, 0.29) is 50.8 Å². The predicted octanol–water partition coefficient (Wildman–Crippen LogP) is 3.36. The average Bonchev–Trinajstić information content (AvgIpc) is 2.68. The third-order valence-electron chi connectivity index (χ3n) is 4.46. The van der Waals surface area contributed by atoms with E-state index in [4.69, 9.17) is 14.6 Å². The molecule has 0 saturated carbocycles. The summed E-state index contributed by atoms with van der Waals surface area (Å²) in [5, 5.41) is 8.96. The lowest BCUT2D eigenvalue weighted by Gasteiger charge is -2.34. The van der Waals surface area contributed by atoms with Crippen LogP contribution in [0, 0.1) is 11.6 Å². The molecule has 28 heavy (non-hydrogen) atoms. The van der Waals surface area contributed by atoms with Gasteiger partial charge in [-0.3, -0.25) is 0 Å². The van der Waals surface area contributed by atoms with Crippen molar-refractivity contribution in [2.75, 3.05) is 44.3 Å². The molecule has 1 fully saturated rings. The lowest BCUT2D eigenvalue weighted by Crippen LogP contribution is -2.48. The van der Waals surface area contributed by atoms with Crippen molar-refractivity contribution in [1.29, 1.82) is 0 Å². The van der Waals surface area contributed by atoms with Crippen LogP contribution in [0.4, 0.5) is 19.3 Å². The Morgan fingerprint density at radius 3 is 2.25 bits per heavy atom. The highest BCUT2D eigenvalue weighted by Crippen LogP contribution is 2.29. The zero-order valence-corrected chi connectivity index (χ0v) is 15.3. The van der Waals surface area contributed by atoms with Crippen LogP contribution in [0.25, 0.3) is 0 Å². The molecule has 2 aromatic carbocycles. The molecule has 6 nitrogen and oxygen atoms in total. The van der Waals surface area contributed by atoms with E-state index in [2.05, 4.69) is 0 Å². The highest BCUT2D eigenvalue weighted by atomic mass is 19.1. The molecule has 8 heteroatoms. The Labute approximate surface area is 161 Å². The molecule has 0 aliphatic carbocycles. The minimum atomic E-state index is -1.03. The van der Waals surface area contributed by atoms with E-state index in [1.165, 1.54) is 9.80 Å². The second kappa shape index (κ2) is 9.36. The molecular weight excluding hydrogens is 370 g/mol. The fourth-order valence-electron chi connectivity index (χ4n) is 3.03. The molecule has 1 heterocycles. The SMILES string of the molecule is O=C(O)N1CCN(c2c(F)cc(OCCOCc3ccccc3)cc2F)CC1. The third-order valence-corrected chi connectivity index (χ3v) is 4.46. The van der Waals surface area contributed by atoms with Gasteiger partial charge in [0.25, 0.3) is 0 Å². The van der Waals surface area contributed by atoms with Gasteiger partial charge in [-0.25, -0.2) is 13.6 Å². The van der Waals surface area contributed by atoms with Crippen molar-refractivity contribution in [3.8, 4) is 5.75 Å². The van der Waals surface area contributed by atoms with Crippen LogP contribution in [-0.2, 0) is 11.3 Å². The Morgan fingerprint density at radius 2 is 1.64 bits per heavy atom. The zero-order valence-electron chi connectivity index (χ0n) is 15.3. The first-order valence-corrected chi connectivity index (χ1v) is 9.01. The fraction of sp³-hybridized carbons (Fsp3) is 0.350. The van der Waals surface area contributed by atoms with Crippen molar-refractivity contribution in [2.45, 2.75) is 6.61 Å². The van der Waals surface area contributed by atoms with Crippen LogP contribution in [0.1, 0.15) is 5.56 Å². The number of ether oxygens (including phenoxy) is 2. The first-order valence-electron chi connectivity index (χ1n) is 9.01. The number of carboxylic acid groups (broad SMARTS) is 1. The van der Waals surface area contributed by atoms with Crippen LogP contribution in [0.5, 0.6) is 5.75 Å². The summed E-state index contributed by atoms with van der Waals surface area (Å²) in [6.45, 7) is 1.76. The maximum Gasteiger partial charge on any atom is 0.407 e. The first-order chi connectivity index (χ1) is 13.5. The maximum atomic E-state index is 14.4. The Balaban J connectivity index is 1.50. The molecule has 0 unspecified atom stereocenters. The Morgan fingerprint density at radius 1 is 1.00 bits per heavy atom. The monoisotopic (exact) mass is 392 g/mol. The van der Waals surface area contributed by atoms with Crippen molar-refractivity contribution in [3.63, 3.8) is 0 Å². The van der Waals surface area contributed by atoms with Crippen LogP contribution in [0.3, 0.4) is 0 Å². The minimum absolute atomic E-state index is 0.0891. The highest BCUT2D eigenvalue weighted by Gasteiger charge is 2.25. The van der Waals surface area contributed by atoms with Gasteiger partial charge in [-0.1, -0.05) is 30.3 Å². The van der Waals surface area contributed by atoms with E-state index in [0.29, 0.717) is 6.61 Å². The summed E-state index contributed by atoms with van der Waals surface area (Å²) in [6.07, 6.45) is -1.03. The number of amides is 1. The van der Waals surface area contributed by atoms with E-state index in [0.717, 1.165) is 17.7 Å². The topological polar surface area (TPSA) is 62.2 Å². The van der Waals surface area contributed by atoms with Crippen molar-refractivity contribution in [2.24, 2.45) is 0 Å². The number of piperazine rings is 1. The van der Waals surface area contributed by atoms with Crippen LogP contribution >= 0.6 is 0 Å². The summed E-state index contributed by atoms with van der Waals surface area (Å²) in [5.41, 5.74) is 0.879. The number of hydrogen-bond acceptors (Lipinski definition) is 4. The van der Waals surface area contributed by atoms with Crippen LogP contribution in [-0.4, -0.2) is 55.5 Å². The average molecular weight is 392 g/mol. The molecule has 0 radical (unpaired) electrons. The molecule has 1 aliphatic heterocycles. The lowest BCUT2D eigenvalue weighted by atomic mass is 10.2. The van der Waals surface area contributed by atoms with E-state index in [9.17, 15) is 13.6 Å². The van der Waals surface area contributed by atoms with E-state index in [1.807, 2.05) is 30.3 Å². The number of hydrogen-bond donors (Lipinski definition) is 1. The van der Waals surface area contributed by atoms with Gasteiger partial charge in [0.1, 0.15) is 18.0 Å². The lowest BCUT2D eigenvalue weighted by molar-refractivity contribution is 0.0887. The highest BCUT2D eigenvalue weighted by molar-refractivity contribution is 5.65. The Kier molecular flexibility index (Phi) is 6.65.